The monoisotopic (exact) mass is 561 g/mol. The highest BCUT2D eigenvalue weighted by Crippen LogP contribution is 2.33. The van der Waals surface area contributed by atoms with E-state index in [9.17, 15) is 23.3 Å². The van der Waals surface area contributed by atoms with Crippen LogP contribution in [0.15, 0.2) is 54.7 Å². The van der Waals surface area contributed by atoms with Crippen LogP contribution in [0.1, 0.15) is 26.7 Å². The molecule has 0 amide bonds. The number of nitro groups is 1. The molecule has 0 saturated carbocycles. The summed E-state index contributed by atoms with van der Waals surface area (Å²) in [6.07, 6.45) is -1.52. The summed E-state index contributed by atoms with van der Waals surface area (Å²) in [6, 6.07) is 14.4. The second-order valence-electron chi connectivity index (χ2n) is 10.1. The predicted octanol–water partition coefficient (Wildman–Crippen LogP) is 5.42. The van der Waals surface area contributed by atoms with Gasteiger partial charge in [0.25, 0.3) is 0 Å². The molecule has 3 heterocycles. The van der Waals surface area contributed by atoms with E-state index in [4.69, 9.17) is 9.47 Å². The third-order valence-electron chi connectivity index (χ3n) is 7.15. The number of piperidine rings is 1. The summed E-state index contributed by atoms with van der Waals surface area (Å²) in [6.45, 7) is 7.01. The number of alkyl halides is 3. The van der Waals surface area contributed by atoms with E-state index in [0.29, 0.717) is 12.3 Å². The summed E-state index contributed by atoms with van der Waals surface area (Å²) in [5.41, 5.74) is 1.27. The summed E-state index contributed by atoms with van der Waals surface area (Å²) < 4.78 is 54.8. The average molecular weight is 562 g/mol. The van der Waals surface area contributed by atoms with Crippen LogP contribution in [0.2, 0.25) is 0 Å². The van der Waals surface area contributed by atoms with Crippen molar-refractivity contribution in [1.82, 2.24) is 9.55 Å². The number of benzene rings is 2. The topological polar surface area (TPSA) is 95.1 Å². The number of imidazole rings is 1. The lowest BCUT2D eigenvalue weighted by Crippen LogP contribution is -2.45. The smallest absolute Gasteiger partial charge is 0.489 e. The summed E-state index contributed by atoms with van der Waals surface area (Å²) in [5.74, 6) is 0.222. The van der Waals surface area contributed by atoms with Gasteiger partial charge in [0, 0.05) is 42.0 Å². The summed E-state index contributed by atoms with van der Waals surface area (Å²) in [4.78, 5) is 18.8. The molecule has 40 heavy (non-hydrogen) atoms. The maximum atomic E-state index is 12.5. The van der Waals surface area contributed by atoms with E-state index in [1.807, 2.05) is 38.1 Å². The number of hydrogen-bond donors (Lipinski definition) is 0. The zero-order valence-electron chi connectivity index (χ0n) is 22.1. The molecule has 1 aromatic heterocycles. The number of aromatic nitrogens is 2. The van der Waals surface area contributed by atoms with Crippen LogP contribution in [0.4, 0.5) is 30.4 Å². The van der Waals surface area contributed by atoms with Gasteiger partial charge < -0.3 is 34.1 Å². The Kier molecular flexibility index (Phi) is 7.39. The molecule has 1 saturated heterocycles. The quantitative estimate of drug-likeness (QED) is 0.253. The average Bonchev–Trinajstić information content (AvgIpc) is 3.44. The van der Waals surface area contributed by atoms with Crippen LogP contribution >= 0.6 is 0 Å². The van der Waals surface area contributed by atoms with Crippen LogP contribution in [0.25, 0.3) is 0 Å². The van der Waals surface area contributed by atoms with E-state index >= 15 is 0 Å². The van der Waals surface area contributed by atoms with Gasteiger partial charge in [-0.15, -0.1) is 13.2 Å². The highest BCUT2D eigenvalue weighted by Gasteiger charge is 2.41. The second-order valence-corrected chi connectivity index (χ2v) is 10.1. The molecular weight excluding hydrogens is 531 g/mol. The number of rotatable bonds is 9. The first-order valence-electron chi connectivity index (χ1n) is 13.0. The highest BCUT2D eigenvalue weighted by atomic mass is 19.4. The second kappa shape index (κ2) is 10.8. The number of ether oxygens (including phenoxy) is 3. The molecule has 0 bridgehead atoms. The molecule has 0 N–H and O–H groups in total. The van der Waals surface area contributed by atoms with Crippen LogP contribution in [-0.2, 0) is 6.54 Å². The molecule has 0 spiro atoms. The van der Waals surface area contributed by atoms with E-state index in [1.165, 1.54) is 18.3 Å². The van der Waals surface area contributed by atoms with Crippen molar-refractivity contribution in [2.24, 2.45) is 0 Å². The van der Waals surface area contributed by atoms with Crippen molar-refractivity contribution in [2.45, 2.75) is 51.2 Å². The summed E-state index contributed by atoms with van der Waals surface area (Å²) >= 11 is 0. The summed E-state index contributed by atoms with van der Waals surface area (Å²) in [7, 11) is 0. The minimum Gasteiger partial charge on any atom is -0.489 e. The van der Waals surface area contributed by atoms with Crippen molar-refractivity contribution in [3.63, 3.8) is 0 Å². The van der Waals surface area contributed by atoms with E-state index in [1.54, 1.807) is 16.7 Å². The normalized spacial score (nSPS) is 19.2. The minimum atomic E-state index is -4.70. The van der Waals surface area contributed by atoms with Gasteiger partial charge in [0.1, 0.15) is 24.3 Å². The van der Waals surface area contributed by atoms with Crippen LogP contribution in [-0.4, -0.2) is 58.7 Å². The standard InChI is InChI=1S/C27H30F3N5O5/c1-3-34(20-6-10-23(11-7-20)39-27(28,29)30)21-12-14-32(15-13-21)19-4-8-22(9-5-19)38-18-26(2)17-33-16-24(35(36)37)31-25(33)40-26/h4-11,16,21H,3,12-15,17-18H2,1-2H3. The molecule has 1 unspecified atom stereocenters. The van der Waals surface area contributed by atoms with Crippen molar-refractivity contribution >= 4 is 17.2 Å². The molecule has 3 aromatic rings. The van der Waals surface area contributed by atoms with E-state index in [-0.39, 0.29) is 30.2 Å². The molecule has 2 aliphatic heterocycles. The molecular formula is C27H30F3N5O5. The molecule has 2 aliphatic rings. The molecule has 1 atom stereocenters. The Morgan fingerprint density at radius 3 is 2.35 bits per heavy atom. The van der Waals surface area contributed by atoms with Gasteiger partial charge >= 0.3 is 18.2 Å². The number of halogens is 3. The van der Waals surface area contributed by atoms with Gasteiger partial charge in [0.15, 0.2) is 5.60 Å². The lowest BCUT2D eigenvalue weighted by atomic mass is 10.0. The van der Waals surface area contributed by atoms with Gasteiger partial charge in [0.05, 0.1) is 6.54 Å². The van der Waals surface area contributed by atoms with Crippen molar-refractivity contribution in [1.29, 1.82) is 0 Å². The van der Waals surface area contributed by atoms with Crippen LogP contribution in [0.5, 0.6) is 17.5 Å². The fraction of sp³-hybridized carbons (Fsp3) is 0.444. The Labute approximate surface area is 229 Å². The zero-order valence-corrected chi connectivity index (χ0v) is 22.1. The minimum absolute atomic E-state index is 0.214. The van der Waals surface area contributed by atoms with Crippen LogP contribution < -0.4 is 24.0 Å². The maximum Gasteiger partial charge on any atom is 0.573 e. The first kappa shape index (κ1) is 27.4. The van der Waals surface area contributed by atoms with E-state index in [0.717, 1.165) is 43.9 Å². The Hall–Kier alpha value is -4.16. The highest BCUT2D eigenvalue weighted by molar-refractivity contribution is 5.52. The first-order valence-corrected chi connectivity index (χ1v) is 13.0. The third kappa shape index (κ3) is 6.18. The van der Waals surface area contributed by atoms with Crippen molar-refractivity contribution in [2.75, 3.05) is 36.0 Å². The Morgan fingerprint density at radius 1 is 1.12 bits per heavy atom. The van der Waals surface area contributed by atoms with Gasteiger partial charge in [-0.2, -0.15) is 0 Å². The fourth-order valence-electron chi connectivity index (χ4n) is 5.27. The van der Waals surface area contributed by atoms with Crippen molar-refractivity contribution in [3.8, 4) is 17.5 Å². The van der Waals surface area contributed by atoms with Gasteiger partial charge in [-0.05, 0) is 80.1 Å². The Morgan fingerprint density at radius 2 is 1.77 bits per heavy atom. The van der Waals surface area contributed by atoms with E-state index < -0.39 is 16.9 Å². The van der Waals surface area contributed by atoms with Crippen molar-refractivity contribution in [3.05, 3.63) is 64.8 Å². The molecule has 214 valence electrons. The van der Waals surface area contributed by atoms with Crippen LogP contribution in [0, 0.1) is 10.1 Å². The molecule has 13 heteroatoms. The van der Waals surface area contributed by atoms with E-state index in [2.05, 4.69) is 19.5 Å². The lowest BCUT2D eigenvalue weighted by Gasteiger charge is -2.40. The summed E-state index contributed by atoms with van der Waals surface area (Å²) in [5, 5.41) is 10.9. The van der Waals surface area contributed by atoms with Crippen LogP contribution in [0.3, 0.4) is 0 Å². The SMILES string of the molecule is CCN(c1ccc(OC(F)(F)F)cc1)C1CCN(c2ccc(OCC3(C)Cn4cc([N+](=O)[O-])nc4O3)cc2)CC1. The largest absolute Gasteiger partial charge is 0.573 e. The molecule has 2 aromatic carbocycles. The molecule has 0 aliphatic carbocycles. The molecule has 10 nitrogen and oxygen atoms in total. The molecule has 0 radical (unpaired) electrons. The van der Waals surface area contributed by atoms with Gasteiger partial charge in [0.2, 0.25) is 0 Å². The van der Waals surface area contributed by atoms with Crippen molar-refractivity contribution < 1.29 is 32.3 Å². The Bertz CT molecular complexity index is 1300. The fourth-order valence-corrected chi connectivity index (χ4v) is 5.27. The lowest BCUT2D eigenvalue weighted by molar-refractivity contribution is -0.389. The van der Waals surface area contributed by atoms with Gasteiger partial charge in [-0.25, -0.2) is 0 Å². The number of hydrogen-bond acceptors (Lipinski definition) is 8. The number of fused-ring (bicyclic) bond motifs is 1. The number of nitrogens with zero attached hydrogens (tertiary/aromatic N) is 5. The maximum absolute atomic E-state index is 12.5. The predicted molar refractivity (Wildman–Crippen MR) is 141 cm³/mol. The van der Waals surface area contributed by atoms with Gasteiger partial charge in [-0.3, -0.25) is 4.57 Å². The molecule has 1 fully saturated rings. The third-order valence-corrected chi connectivity index (χ3v) is 7.15. The first-order chi connectivity index (χ1) is 19.0. The molecule has 5 rings (SSSR count). The Balaban J connectivity index is 1.11. The number of anilines is 2. The zero-order chi connectivity index (χ0) is 28.5. The van der Waals surface area contributed by atoms with Gasteiger partial charge in [-0.1, -0.05) is 0 Å².